The zero-order valence-electron chi connectivity index (χ0n) is 15.2. The van der Waals surface area contributed by atoms with Crippen molar-refractivity contribution in [3.63, 3.8) is 0 Å². The van der Waals surface area contributed by atoms with E-state index >= 15 is 0 Å². The molecule has 6 nitrogen and oxygen atoms in total. The first kappa shape index (κ1) is 17.8. The van der Waals surface area contributed by atoms with Crippen molar-refractivity contribution in [3.8, 4) is 11.5 Å². The van der Waals surface area contributed by atoms with Crippen LogP contribution in [0.3, 0.4) is 0 Å². The molecule has 0 saturated heterocycles. The first-order valence-corrected chi connectivity index (χ1v) is 9.12. The van der Waals surface area contributed by atoms with Crippen LogP contribution >= 0.6 is 11.6 Å². The van der Waals surface area contributed by atoms with Crippen LogP contribution in [0.25, 0.3) is 0 Å². The van der Waals surface area contributed by atoms with E-state index in [4.69, 9.17) is 21.1 Å². The summed E-state index contributed by atoms with van der Waals surface area (Å²) in [6.07, 6.45) is 0.870. The van der Waals surface area contributed by atoms with Gasteiger partial charge in [-0.1, -0.05) is 11.6 Å². The van der Waals surface area contributed by atoms with Crippen molar-refractivity contribution in [2.24, 2.45) is 0 Å². The Bertz CT molecular complexity index is 944. The van der Waals surface area contributed by atoms with Gasteiger partial charge in [-0.05, 0) is 35.9 Å². The minimum absolute atomic E-state index is 0.385. The summed E-state index contributed by atoms with van der Waals surface area (Å²) in [6.45, 7) is 2.05. The number of rotatable bonds is 4. The quantitative estimate of drug-likeness (QED) is 0.807. The predicted octanol–water partition coefficient (Wildman–Crippen LogP) is 1.49. The molecule has 2 aliphatic heterocycles. The fraction of sp³-hybridized carbons (Fsp3) is 0.300. The first-order valence-electron chi connectivity index (χ1n) is 8.75. The molecule has 2 aromatic rings. The second-order valence-electron chi connectivity index (χ2n) is 6.78. The number of methoxy groups -OCH3 is 2. The zero-order chi connectivity index (χ0) is 19.1. The van der Waals surface area contributed by atoms with Crippen molar-refractivity contribution in [2.75, 3.05) is 32.3 Å². The molecule has 0 bridgehead atoms. The Kier molecular flexibility index (Phi) is 4.53. The van der Waals surface area contributed by atoms with Gasteiger partial charge in [0.15, 0.2) is 18.2 Å². The highest BCUT2D eigenvalue weighted by molar-refractivity contribution is 6.52. The first-order chi connectivity index (χ1) is 13.0. The van der Waals surface area contributed by atoms with Crippen molar-refractivity contribution in [3.05, 3.63) is 52.0 Å². The molecule has 0 aromatic heterocycles. The molecule has 1 amide bonds. The van der Waals surface area contributed by atoms with Crippen molar-refractivity contribution in [1.29, 1.82) is 0 Å². The second kappa shape index (κ2) is 6.87. The van der Waals surface area contributed by atoms with Gasteiger partial charge in [0.25, 0.3) is 5.78 Å². The Morgan fingerprint density at radius 1 is 1.07 bits per heavy atom. The molecule has 7 heteroatoms. The number of hydrogen-bond acceptors (Lipinski definition) is 4. The van der Waals surface area contributed by atoms with E-state index in [1.54, 1.807) is 37.3 Å². The summed E-state index contributed by atoms with van der Waals surface area (Å²) in [5, 5.41) is 0.456. The Balaban J connectivity index is 1.57. The molecular weight excluding hydrogens is 368 g/mol. The smallest absolute Gasteiger partial charge is 0.303 e. The number of anilines is 1. The average Bonchev–Trinajstić information content (AvgIpc) is 2.91. The number of nitrogens with zero attached hydrogens (tertiary/aromatic N) is 1. The largest absolute Gasteiger partial charge is 0.493 e. The molecule has 0 aliphatic carbocycles. The van der Waals surface area contributed by atoms with Crippen molar-refractivity contribution < 1.29 is 24.0 Å². The van der Waals surface area contributed by atoms with Gasteiger partial charge in [-0.25, -0.2) is 0 Å². The number of ether oxygens (including phenoxy) is 2. The number of hydrogen-bond donors (Lipinski definition) is 1. The van der Waals surface area contributed by atoms with Crippen LogP contribution in [0.1, 0.15) is 21.5 Å². The van der Waals surface area contributed by atoms with Gasteiger partial charge in [0.1, 0.15) is 6.54 Å². The molecule has 1 unspecified atom stereocenters. The molecule has 0 saturated carbocycles. The Hall–Kier alpha value is -2.57. The van der Waals surface area contributed by atoms with Gasteiger partial charge in [0.2, 0.25) is 0 Å². The molecule has 0 fully saturated rings. The molecule has 1 N–H and O–H groups in total. The fourth-order valence-corrected chi connectivity index (χ4v) is 3.99. The number of ketones is 1. The average molecular weight is 388 g/mol. The third kappa shape index (κ3) is 3.05. The summed E-state index contributed by atoms with van der Waals surface area (Å²) >= 11 is 5.98. The molecule has 2 heterocycles. The third-order valence-electron chi connectivity index (χ3n) is 5.21. The summed E-state index contributed by atoms with van der Waals surface area (Å²) in [5.41, 5.74) is 3.42. The number of fused-ring (bicyclic) bond motifs is 2. The van der Waals surface area contributed by atoms with Crippen LogP contribution in [0, 0.1) is 0 Å². The molecule has 0 spiro atoms. The molecule has 1 atom stereocenters. The topological polar surface area (TPSA) is 60.3 Å². The Morgan fingerprint density at radius 3 is 2.48 bits per heavy atom. The van der Waals surface area contributed by atoms with Crippen molar-refractivity contribution in [1.82, 2.24) is 0 Å². The summed E-state index contributed by atoms with van der Waals surface area (Å²) < 4.78 is 10.8. The lowest BCUT2D eigenvalue weighted by molar-refractivity contribution is -0.914. The Morgan fingerprint density at radius 2 is 1.78 bits per heavy atom. The number of amides is 1. The number of quaternary nitrogens is 1. The second-order valence-corrected chi connectivity index (χ2v) is 7.22. The van der Waals surface area contributed by atoms with Crippen LogP contribution in [-0.2, 0) is 17.8 Å². The minimum atomic E-state index is -0.490. The van der Waals surface area contributed by atoms with Gasteiger partial charge >= 0.3 is 5.91 Å². The minimum Gasteiger partial charge on any atom is -0.493 e. The summed E-state index contributed by atoms with van der Waals surface area (Å²) in [6, 6.07) is 9.03. The van der Waals surface area contributed by atoms with E-state index in [1.165, 1.54) is 16.0 Å². The van der Waals surface area contributed by atoms with Gasteiger partial charge < -0.3 is 14.4 Å². The van der Waals surface area contributed by atoms with Gasteiger partial charge in [-0.2, -0.15) is 0 Å². The van der Waals surface area contributed by atoms with Crippen LogP contribution in [0.15, 0.2) is 30.3 Å². The lowest BCUT2D eigenvalue weighted by Gasteiger charge is -2.29. The molecule has 27 heavy (non-hydrogen) atoms. The number of carbonyl (C=O) groups excluding carboxylic acids is 2. The summed E-state index contributed by atoms with van der Waals surface area (Å²) in [4.78, 5) is 27.5. The van der Waals surface area contributed by atoms with Crippen LogP contribution < -0.4 is 19.3 Å². The van der Waals surface area contributed by atoms with E-state index in [9.17, 15) is 9.59 Å². The monoisotopic (exact) mass is 387 g/mol. The zero-order valence-corrected chi connectivity index (χ0v) is 15.9. The fourth-order valence-electron chi connectivity index (χ4n) is 3.82. The molecule has 2 aromatic carbocycles. The lowest BCUT2D eigenvalue weighted by Crippen LogP contribution is -3.13. The highest BCUT2D eigenvalue weighted by Gasteiger charge is 2.38. The molecular formula is C20H20ClN2O4+. The van der Waals surface area contributed by atoms with E-state index in [-0.39, 0.29) is 0 Å². The highest BCUT2D eigenvalue weighted by atomic mass is 35.5. The van der Waals surface area contributed by atoms with Gasteiger partial charge in [0, 0.05) is 17.0 Å². The van der Waals surface area contributed by atoms with E-state index in [2.05, 4.69) is 0 Å². The molecule has 0 radical (unpaired) electrons. The molecule has 2 aliphatic rings. The maximum atomic E-state index is 12.5. The normalized spacial score (nSPS) is 18.3. The number of halogens is 1. The Labute approximate surface area is 162 Å². The van der Waals surface area contributed by atoms with Crippen LogP contribution in [0.5, 0.6) is 11.5 Å². The van der Waals surface area contributed by atoms with Crippen LogP contribution in [-0.4, -0.2) is 39.1 Å². The van der Waals surface area contributed by atoms with Gasteiger partial charge in [-0.15, -0.1) is 0 Å². The maximum Gasteiger partial charge on any atom is 0.303 e. The van der Waals surface area contributed by atoms with E-state index in [0.717, 1.165) is 25.3 Å². The number of benzene rings is 2. The summed E-state index contributed by atoms with van der Waals surface area (Å²) in [7, 11) is 3.25. The highest BCUT2D eigenvalue weighted by Crippen LogP contribution is 2.32. The van der Waals surface area contributed by atoms with Gasteiger partial charge in [0.05, 0.1) is 32.0 Å². The van der Waals surface area contributed by atoms with Crippen LogP contribution in [0.2, 0.25) is 5.02 Å². The number of Topliss-reactive ketones (excluding diaryl/α,β-unsaturated/α-hetero) is 1. The lowest BCUT2D eigenvalue weighted by atomic mass is 9.99. The van der Waals surface area contributed by atoms with Gasteiger partial charge in [-0.3, -0.25) is 14.5 Å². The van der Waals surface area contributed by atoms with Crippen LogP contribution in [0.4, 0.5) is 5.69 Å². The van der Waals surface area contributed by atoms with Crippen molar-refractivity contribution in [2.45, 2.75) is 13.0 Å². The third-order valence-corrected chi connectivity index (χ3v) is 5.44. The standard InChI is InChI=1S/C20H19ClN2O4/c1-26-17-7-12-5-6-22(10-13(12)8-18(17)27-2)11-23-16-4-3-14(21)9-15(16)19(24)20(23)25/h3-4,7-9H,5-6,10-11H2,1-2H3/p+1. The number of carbonyl (C=O) groups is 2. The molecule has 4 rings (SSSR count). The molecule has 140 valence electrons. The van der Waals surface area contributed by atoms with E-state index < -0.39 is 11.7 Å². The van der Waals surface area contributed by atoms with E-state index in [0.29, 0.717) is 28.7 Å². The summed E-state index contributed by atoms with van der Waals surface area (Å²) in [5.74, 6) is 0.448. The van der Waals surface area contributed by atoms with E-state index in [1.807, 2.05) is 12.1 Å². The maximum absolute atomic E-state index is 12.5. The SMILES string of the molecule is COc1cc2c(cc1OC)C[NH+](CN1C(=O)C(=O)c3cc(Cl)ccc31)CC2. The van der Waals surface area contributed by atoms with Crippen molar-refractivity contribution >= 4 is 29.0 Å². The predicted molar refractivity (Wildman–Crippen MR) is 101 cm³/mol. The number of nitrogens with one attached hydrogen (secondary N) is 1.